The molecule has 2 aliphatic rings. The van der Waals surface area contributed by atoms with Gasteiger partial charge < -0.3 is 15.0 Å². The van der Waals surface area contributed by atoms with Crippen molar-refractivity contribution in [2.75, 3.05) is 13.2 Å². The van der Waals surface area contributed by atoms with Gasteiger partial charge in [-0.1, -0.05) is 6.92 Å². The summed E-state index contributed by atoms with van der Waals surface area (Å²) in [6.45, 7) is 5.84. The van der Waals surface area contributed by atoms with Gasteiger partial charge in [-0.05, 0) is 49.6 Å². The van der Waals surface area contributed by atoms with E-state index in [1.165, 1.54) is 10.4 Å². The van der Waals surface area contributed by atoms with Crippen molar-refractivity contribution in [3.8, 4) is 0 Å². The molecule has 0 unspecified atom stereocenters. The van der Waals surface area contributed by atoms with E-state index in [1.54, 1.807) is 0 Å². The maximum atomic E-state index is 12.6. The maximum Gasteiger partial charge on any atom is 0.318 e. The van der Waals surface area contributed by atoms with Crippen LogP contribution in [0.5, 0.6) is 0 Å². The van der Waals surface area contributed by atoms with Crippen molar-refractivity contribution in [1.29, 1.82) is 0 Å². The van der Waals surface area contributed by atoms with E-state index in [-0.39, 0.29) is 24.2 Å². The molecule has 2 aliphatic heterocycles. The molecule has 1 aromatic heterocycles. The summed E-state index contributed by atoms with van der Waals surface area (Å²) >= 11 is 1.81. The summed E-state index contributed by atoms with van der Waals surface area (Å²) < 4.78 is 5.67. The van der Waals surface area contributed by atoms with Crippen LogP contribution in [0.4, 0.5) is 4.79 Å². The third-order valence-corrected chi connectivity index (χ3v) is 5.61. The standard InChI is InChI=1S/C16H24N2O2S/c1-3-13-12-7-10-21-15(12)6-8-18(13)16(19)17-11(2)14-5-4-9-20-14/h7,10-11,13-14H,3-6,8-9H2,1-2H3,(H,17,19)/t11-,13-,14+/m1/s1. The van der Waals surface area contributed by atoms with E-state index in [0.717, 1.165) is 38.8 Å². The zero-order valence-electron chi connectivity index (χ0n) is 12.8. The summed E-state index contributed by atoms with van der Waals surface area (Å²) in [6, 6.07) is 2.54. The van der Waals surface area contributed by atoms with Crippen LogP contribution in [0.25, 0.3) is 0 Å². The zero-order chi connectivity index (χ0) is 14.8. The molecule has 1 aromatic rings. The fourth-order valence-electron chi connectivity index (χ4n) is 3.45. The predicted molar refractivity (Wildman–Crippen MR) is 84.7 cm³/mol. The van der Waals surface area contributed by atoms with Crippen LogP contribution < -0.4 is 5.32 Å². The normalized spacial score (nSPS) is 26.5. The molecule has 0 spiro atoms. The summed E-state index contributed by atoms with van der Waals surface area (Å²) in [4.78, 5) is 16.1. The number of ether oxygens (including phenoxy) is 1. The Bertz CT molecular complexity index is 496. The van der Waals surface area contributed by atoms with E-state index in [9.17, 15) is 4.79 Å². The molecular weight excluding hydrogens is 284 g/mol. The van der Waals surface area contributed by atoms with E-state index >= 15 is 0 Å². The van der Waals surface area contributed by atoms with Crippen LogP contribution in [0.2, 0.25) is 0 Å². The molecule has 1 N–H and O–H groups in total. The highest BCUT2D eigenvalue weighted by Gasteiger charge is 2.32. The Hall–Kier alpha value is -1.07. The lowest BCUT2D eigenvalue weighted by molar-refractivity contribution is 0.0812. The quantitative estimate of drug-likeness (QED) is 0.930. The Kier molecular flexibility index (Phi) is 4.50. The van der Waals surface area contributed by atoms with E-state index in [1.807, 2.05) is 16.2 Å². The third kappa shape index (κ3) is 2.94. The molecule has 5 heteroatoms. The van der Waals surface area contributed by atoms with E-state index in [2.05, 4.69) is 30.6 Å². The molecule has 21 heavy (non-hydrogen) atoms. The Morgan fingerprint density at radius 3 is 3.19 bits per heavy atom. The largest absolute Gasteiger partial charge is 0.376 e. The van der Waals surface area contributed by atoms with Gasteiger partial charge in [0.1, 0.15) is 0 Å². The Morgan fingerprint density at radius 2 is 2.48 bits per heavy atom. The fourth-order valence-corrected chi connectivity index (χ4v) is 4.38. The van der Waals surface area contributed by atoms with Crippen molar-refractivity contribution in [2.24, 2.45) is 0 Å². The molecule has 0 aromatic carbocycles. The molecule has 0 radical (unpaired) electrons. The first kappa shape index (κ1) is 14.9. The van der Waals surface area contributed by atoms with Crippen molar-refractivity contribution in [3.05, 3.63) is 21.9 Å². The Morgan fingerprint density at radius 1 is 1.62 bits per heavy atom. The van der Waals surface area contributed by atoms with Crippen molar-refractivity contribution >= 4 is 17.4 Å². The van der Waals surface area contributed by atoms with Crippen LogP contribution in [-0.4, -0.2) is 36.2 Å². The van der Waals surface area contributed by atoms with E-state index < -0.39 is 0 Å². The number of fused-ring (bicyclic) bond motifs is 1. The third-order valence-electron chi connectivity index (χ3n) is 4.62. The van der Waals surface area contributed by atoms with Crippen LogP contribution >= 0.6 is 11.3 Å². The highest BCUT2D eigenvalue weighted by molar-refractivity contribution is 7.10. The van der Waals surface area contributed by atoms with Gasteiger partial charge in [-0.15, -0.1) is 11.3 Å². The minimum absolute atomic E-state index is 0.0571. The minimum Gasteiger partial charge on any atom is -0.376 e. The molecule has 1 saturated heterocycles. The number of urea groups is 1. The van der Waals surface area contributed by atoms with Gasteiger partial charge in [0.2, 0.25) is 0 Å². The molecule has 0 saturated carbocycles. The monoisotopic (exact) mass is 308 g/mol. The SMILES string of the molecule is CC[C@@H]1c2ccsc2CCN1C(=O)N[C@H](C)[C@@H]1CCCO1. The lowest BCUT2D eigenvalue weighted by Gasteiger charge is -2.36. The number of amides is 2. The lowest BCUT2D eigenvalue weighted by Crippen LogP contribution is -2.50. The molecule has 3 rings (SSSR count). The van der Waals surface area contributed by atoms with Crippen molar-refractivity contribution in [2.45, 2.75) is 57.7 Å². The van der Waals surface area contributed by atoms with Gasteiger partial charge >= 0.3 is 6.03 Å². The summed E-state index contributed by atoms with van der Waals surface area (Å²) in [7, 11) is 0. The summed E-state index contributed by atoms with van der Waals surface area (Å²) in [5.41, 5.74) is 1.34. The van der Waals surface area contributed by atoms with E-state index in [4.69, 9.17) is 4.74 Å². The van der Waals surface area contributed by atoms with Gasteiger partial charge in [0.25, 0.3) is 0 Å². The number of nitrogens with zero attached hydrogens (tertiary/aromatic N) is 1. The number of hydrogen-bond acceptors (Lipinski definition) is 3. The van der Waals surface area contributed by atoms with Gasteiger partial charge in [0, 0.05) is 18.0 Å². The first-order valence-corrected chi connectivity index (χ1v) is 8.83. The highest BCUT2D eigenvalue weighted by atomic mass is 32.1. The second kappa shape index (κ2) is 6.36. The Balaban J connectivity index is 1.66. The van der Waals surface area contributed by atoms with Crippen LogP contribution in [0.3, 0.4) is 0 Å². The number of nitrogens with one attached hydrogen (secondary N) is 1. The molecule has 3 atom stereocenters. The highest BCUT2D eigenvalue weighted by Crippen LogP contribution is 2.35. The van der Waals surface area contributed by atoms with Crippen LogP contribution in [0, 0.1) is 0 Å². The van der Waals surface area contributed by atoms with Gasteiger partial charge in [0.15, 0.2) is 0 Å². The van der Waals surface area contributed by atoms with Crippen LogP contribution in [-0.2, 0) is 11.2 Å². The molecule has 116 valence electrons. The fraction of sp³-hybridized carbons (Fsp3) is 0.688. The molecule has 2 amide bonds. The first-order valence-electron chi connectivity index (χ1n) is 7.95. The first-order chi connectivity index (χ1) is 10.2. The smallest absolute Gasteiger partial charge is 0.318 e. The summed E-state index contributed by atoms with van der Waals surface area (Å²) in [5, 5.41) is 5.29. The predicted octanol–water partition coefficient (Wildman–Crippen LogP) is 3.33. The van der Waals surface area contributed by atoms with E-state index in [0.29, 0.717) is 0 Å². The van der Waals surface area contributed by atoms with Crippen molar-refractivity contribution in [3.63, 3.8) is 0 Å². The Labute approximate surface area is 130 Å². The average molecular weight is 308 g/mol. The number of carbonyl (C=O) groups is 1. The van der Waals surface area contributed by atoms with Gasteiger partial charge in [-0.25, -0.2) is 4.79 Å². The number of rotatable bonds is 3. The molecule has 0 bridgehead atoms. The topological polar surface area (TPSA) is 41.6 Å². The number of thiophene rings is 1. The van der Waals surface area contributed by atoms with Gasteiger partial charge in [0.05, 0.1) is 18.2 Å². The molecule has 4 nitrogen and oxygen atoms in total. The number of hydrogen-bond donors (Lipinski definition) is 1. The molecule has 1 fully saturated rings. The molecule has 0 aliphatic carbocycles. The molecule has 3 heterocycles. The minimum atomic E-state index is 0.0571. The number of carbonyl (C=O) groups excluding carboxylic acids is 1. The van der Waals surface area contributed by atoms with Gasteiger partial charge in [-0.2, -0.15) is 0 Å². The molecular formula is C16H24N2O2S. The second-order valence-corrected chi connectivity index (χ2v) is 6.96. The zero-order valence-corrected chi connectivity index (χ0v) is 13.6. The summed E-state index contributed by atoms with van der Waals surface area (Å²) in [6.07, 6.45) is 4.27. The van der Waals surface area contributed by atoms with Crippen LogP contribution in [0.1, 0.15) is 49.6 Å². The summed E-state index contributed by atoms with van der Waals surface area (Å²) in [5.74, 6) is 0. The van der Waals surface area contributed by atoms with Crippen molar-refractivity contribution < 1.29 is 9.53 Å². The van der Waals surface area contributed by atoms with Crippen LogP contribution in [0.15, 0.2) is 11.4 Å². The average Bonchev–Trinajstić information content (AvgIpc) is 3.16. The lowest BCUT2D eigenvalue weighted by atomic mass is 9.98. The van der Waals surface area contributed by atoms with Gasteiger partial charge in [-0.3, -0.25) is 0 Å². The maximum absolute atomic E-state index is 12.6. The second-order valence-electron chi connectivity index (χ2n) is 5.96. The van der Waals surface area contributed by atoms with Crippen molar-refractivity contribution in [1.82, 2.24) is 10.2 Å².